The summed E-state index contributed by atoms with van der Waals surface area (Å²) in [7, 11) is 1.74. The maximum atomic E-state index is 12.2. The molecule has 0 aliphatic heterocycles. The van der Waals surface area contributed by atoms with Gasteiger partial charge < -0.3 is 4.90 Å². The molecule has 2 rings (SSSR count). The Bertz CT molecular complexity index is 533. The van der Waals surface area contributed by atoms with Crippen LogP contribution >= 0.6 is 11.3 Å². The lowest BCUT2D eigenvalue weighted by Gasteiger charge is -2.15. The van der Waals surface area contributed by atoms with Crippen LogP contribution in [0.3, 0.4) is 0 Å². The van der Waals surface area contributed by atoms with Crippen LogP contribution in [0.2, 0.25) is 0 Å². The molecule has 0 saturated carbocycles. The Morgan fingerprint density at radius 1 is 1.39 bits per heavy atom. The van der Waals surface area contributed by atoms with Crippen molar-refractivity contribution in [3.8, 4) is 0 Å². The quantitative estimate of drug-likeness (QED) is 0.846. The minimum atomic E-state index is -0.114. The van der Waals surface area contributed by atoms with E-state index in [0.29, 0.717) is 18.1 Å². The second-order valence-electron chi connectivity index (χ2n) is 4.08. The minimum Gasteiger partial charge on any atom is -0.334 e. The average Bonchev–Trinajstić information content (AvgIpc) is 2.79. The van der Waals surface area contributed by atoms with E-state index < -0.39 is 0 Å². The molecule has 0 spiro atoms. The molecule has 5 nitrogen and oxygen atoms in total. The maximum Gasteiger partial charge on any atom is 0.272 e. The van der Waals surface area contributed by atoms with Crippen molar-refractivity contribution >= 4 is 17.2 Å². The van der Waals surface area contributed by atoms with Crippen molar-refractivity contribution in [2.24, 2.45) is 0 Å². The standard InChI is InChI=1S/C12H14N4OS/c1-8-4-11(15-9(2)14-8)12(17)16(3)5-10-6-18-7-13-10/h4,6-7H,5H2,1-3H3. The highest BCUT2D eigenvalue weighted by Gasteiger charge is 2.15. The second-order valence-corrected chi connectivity index (χ2v) is 4.80. The van der Waals surface area contributed by atoms with Crippen molar-refractivity contribution < 1.29 is 4.79 Å². The van der Waals surface area contributed by atoms with Crippen LogP contribution in [-0.4, -0.2) is 32.8 Å². The molecule has 0 unspecified atom stereocenters. The molecule has 0 atom stereocenters. The summed E-state index contributed by atoms with van der Waals surface area (Å²) >= 11 is 1.52. The van der Waals surface area contributed by atoms with Crippen molar-refractivity contribution in [2.75, 3.05) is 7.05 Å². The summed E-state index contributed by atoms with van der Waals surface area (Å²) in [6.45, 7) is 4.13. The zero-order valence-corrected chi connectivity index (χ0v) is 11.4. The summed E-state index contributed by atoms with van der Waals surface area (Å²) in [6.07, 6.45) is 0. The largest absolute Gasteiger partial charge is 0.334 e. The van der Waals surface area contributed by atoms with E-state index in [2.05, 4.69) is 15.0 Å². The van der Waals surface area contributed by atoms with Gasteiger partial charge in [0.15, 0.2) is 0 Å². The van der Waals surface area contributed by atoms with Crippen LogP contribution in [0.4, 0.5) is 0 Å². The summed E-state index contributed by atoms with van der Waals surface area (Å²) in [4.78, 5) is 26.3. The molecule has 0 aliphatic rings. The van der Waals surface area contributed by atoms with Gasteiger partial charge in [0.05, 0.1) is 17.7 Å². The van der Waals surface area contributed by atoms with Crippen molar-refractivity contribution in [1.82, 2.24) is 19.9 Å². The molecular weight excluding hydrogens is 248 g/mol. The average molecular weight is 262 g/mol. The van der Waals surface area contributed by atoms with E-state index in [1.807, 2.05) is 12.3 Å². The number of rotatable bonds is 3. The first kappa shape index (κ1) is 12.6. The van der Waals surface area contributed by atoms with Gasteiger partial charge >= 0.3 is 0 Å². The highest BCUT2D eigenvalue weighted by Crippen LogP contribution is 2.08. The van der Waals surface area contributed by atoms with Crippen LogP contribution in [0.25, 0.3) is 0 Å². The minimum absolute atomic E-state index is 0.114. The summed E-state index contributed by atoms with van der Waals surface area (Å²) in [5.74, 6) is 0.497. The molecule has 2 heterocycles. The first-order chi connectivity index (χ1) is 8.56. The number of carbonyl (C=O) groups excluding carboxylic acids is 1. The molecule has 0 aliphatic carbocycles. The van der Waals surface area contributed by atoms with E-state index in [-0.39, 0.29) is 5.91 Å². The number of nitrogens with zero attached hydrogens (tertiary/aromatic N) is 4. The maximum absolute atomic E-state index is 12.2. The van der Waals surface area contributed by atoms with Gasteiger partial charge in [-0.05, 0) is 19.9 Å². The van der Waals surface area contributed by atoms with Crippen molar-refractivity contribution in [3.63, 3.8) is 0 Å². The molecule has 1 amide bonds. The summed E-state index contributed by atoms with van der Waals surface area (Å²) in [6, 6.07) is 1.70. The van der Waals surface area contributed by atoms with Crippen LogP contribution in [0.15, 0.2) is 17.0 Å². The van der Waals surface area contributed by atoms with Gasteiger partial charge in [-0.25, -0.2) is 15.0 Å². The third-order valence-electron chi connectivity index (χ3n) is 2.41. The number of hydrogen-bond acceptors (Lipinski definition) is 5. The Balaban J connectivity index is 2.15. The fraction of sp³-hybridized carbons (Fsp3) is 0.333. The molecule has 2 aromatic heterocycles. The highest BCUT2D eigenvalue weighted by molar-refractivity contribution is 7.07. The Hall–Kier alpha value is -1.82. The lowest BCUT2D eigenvalue weighted by Crippen LogP contribution is -2.27. The zero-order valence-electron chi connectivity index (χ0n) is 10.5. The fourth-order valence-electron chi connectivity index (χ4n) is 1.65. The molecule has 6 heteroatoms. The molecule has 2 aromatic rings. The lowest BCUT2D eigenvalue weighted by atomic mass is 10.3. The molecule has 0 fully saturated rings. The van der Waals surface area contributed by atoms with Gasteiger partial charge in [-0.1, -0.05) is 0 Å². The number of carbonyl (C=O) groups is 1. The molecular formula is C12H14N4OS. The van der Waals surface area contributed by atoms with Gasteiger partial charge in [0.1, 0.15) is 11.5 Å². The molecule has 0 bridgehead atoms. The van der Waals surface area contributed by atoms with E-state index in [1.54, 1.807) is 30.4 Å². The Kier molecular flexibility index (Phi) is 3.66. The number of aryl methyl sites for hydroxylation is 2. The van der Waals surface area contributed by atoms with Crippen molar-refractivity contribution in [1.29, 1.82) is 0 Å². The molecule has 18 heavy (non-hydrogen) atoms. The normalized spacial score (nSPS) is 10.4. The van der Waals surface area contributed by atoms with E-state index in [0.717, 1.165) is 11.4 Å². The van der Waals surface area contributed by atoms with E-state index in [4.69, 9.17) is 0 Å². The van der Waals surface area contributed by atoms with Gasteiger partial charge in [0, 0.05) is 18.1 Å². The monoisotopic (exact) mass is 262 g/mol. The number of hydrogen-bond donors (Lipinski definition) is 0. The molecule has 0 saturated heterocycles. The molecule has 0 radical (unpaired) electrons. The summed E-state index contributed by atoms with van der Waals surface area (Å²) in [5, 5.41) is 1.93. The Labute approximate surface area is 110 Å². The van der Waals surface area contributed by atoms with Gasteiger partial charge in [0.2, 0.25) is 0 Å². The van der Waals surface area contributed by atoms with Crippen LogP contribution < -0.4 is 0 Å². The predicted molar refractivity (Wildman–Crippen MR) is 69.4 cm³/mol. The second kappa shape index (κ2) is 5.22. The van der Waals surface area contributed by atoms with E-state index in [9.17, 15) is 4.79 Å². The van der Waals surface area contributed by atoms with Gasteiger partial charge in [0.25, 0.3) is 5.91 Å². The van der Waals surface area contributed by atoms with Crippen LogP contribution in [0.5, 0.6) is 0 Å². The first-order valence-corrected chi connectivity index (χ1v) is 6.45. The SMILES string of the molecule is Cc1cc(C(=O)N(C)Cc2cscn2)nc(C)n1. The first-order valence-electron chi connectivity index (χ1n) is 5.51. The highest BCUT2D eigenvalue weighted by atomic mass is 32.1. The smallest absolute Gasteiger partial charge is 0.272 e. The number of thiazole rings is 1. The van der Waals surface area contributed by atoms with Gasteiger partial charge in [-0.2, -0.15) is 0 Å². The van der Waals surface area contributed by atoms with Crippen LogP contribution in [0.1, 0.15) is 27.7 Å². The van der Waals surface area contributed by atoms with Crippen molar-refractivity contribution in [2.45, 2.75) is 20.4 Å². The Morgan fingerprint density at radius 3 is 2.78 bits per heavy atom. The molecule has 94 valence electrons. The van der Waals surface area contributed by atoms with Crippen molar-refractivity contribution in [3.05, 3.63) is 39.9 Å². The van der Waals surface area contributed by atoms with Gasteiger partial charge in [-0.3, -0.25) is 4.79 Å². The molecule has 0 N–H and O–H groups in total. The van der Waals surface area contributed by atoms with Gasteiger partial charge in [-0.15, -0.1) is 11.3 Å². The van der Waals surface area contributed by atoms with E-state index in [1.165, 1.54) is 11.3 Å². The van der Waals surface area contributed by atoms with Crippen LogP contribution in [-0.2, 0) is 6.54 Å². The van der Waals surface area contributed by atoms with Crippen LogP contribution in [0, 0.1) is 13.8 Å². The van der Waals surface area contributed by atoms with E-state index >= 15 is 0 Å². The topological polar surface area (TPSA) is 59.0 Å². The number of amides is 1. The summed E-state index contributed by atoms with van der Waals surface area (Å²) < 4.78 is 0. The molecule has 0 aromatic carbocycles. The Morgan fingerprint density at radius 2 is 2.17 bits per heavy atom. The predicted octanol–water partition coefficient (Wildman–Crippen LogP) is 1.82. The third kappa shape index (κ3) is 2.89. The third-order valence-corrected chi connectivity index (χ3v) is 3.05. The zero-order chi connectivity index (χ0) is 13.1. The lowest BCUT2D eigenvalue weighted by molar-refractivity contribution is 0.0777. The summed E-state index contributed by atoms with van der Waals surface area (Å²) in [5.41, 5.74) is 3.87. The fourth-order valence-corrected chi connectivity index (χ4v) is 2.20. The number of aromatic nitrogens is 3.